The topological polar surface area (TPSA) is 77.8 Å². The molecule has 4 nitrogen and oxygen atoms in total. The smallest absolute Gasteiger partial charge is 0.134 e. The second kappa shape index (κ2) is 4.27. The summed E-state index contributed by atoms with van der Waals surface area (Å²) >= 11 is 0. The minimum Gasteiger partial charge on any atom is -0.396 e. The van der Waals surface area contributed by atoms with Crippen molar-refractivity contribution in [3.05, 3.63) is 0 Å². The molecule has 4 bridgehead atoms. The van der Waals surface area contributed by atoms with Crippen LogP contribution in [-0.4, -0.2) is 40.4 Å². The van der Waals surface area contributed by atoms with Gasteiger partial charge in [0, 0.05) is 24.2 Å². The Morgan fingerprint density at radius 2 is 1.75 bits per heavy atom. The zero-order chi connectivity index (χ0) is 17.1. The number of aliphatic hydroxyl groups is 3. The van der Waals surface area contributed by atoms with Crippen molar-refractivity contribution < 1.29 is 20.1 Å². The van der Waals surface area contributed by atoms with Crippen LogP contribution in [0.4, 0.5) is 0 Å². The Hall–Kier alpha value is -0.450. The molecule has 6 saturated carbocycles. The highest BCUT2D eigenvalue weighted by Crippen LogP contribution is 2.85. The van der Waals surface area contributed by atoms with Crippen molar-refractivity contribution in [1.29, 1.82) is 0 Å². The number of hydrogen-bond donors (Lipinski definition) is 3. The highest BCUT2D eigenvalue weighted by molar-refractivity contribution is 5.81. The van der Waals surface area contributed by atoms with Gasteiger partial charge in [0.25, 0.3) is 0 Å². The molecule has 0 aromatic rings. The maximum Gasteiger partial charge on any atom is 0.134 e. The number of carbonyl (C=O) groups excluding carboxylic acids is 1. The third-order valence-electron chi connectivity index (χ3n) is 9.58. The van der Waals surface area contributed by atoms with E-state index in [0.29, 0.717) is 17.8 Å². The average Bonchev–Trinajstić information content (AvgIpc) is 2.96. The summed E-state index contributed by atoms with van der Waals surface area (Å²) in [5.41, 5.74) is -0.456. The predicted octanol–water partition coefficient (Wildman–Crippen LogP) is 1.76. The van der Waals surface area contributed by atoms with Crippen LogP contribution in [-0.2, 0) is 4.79 Å². The van der Waals surface area contributed by atoms with E-state index in [0.717, 1.165) is 18.3 Å². The molecule has 6 fully saturated rings. The van der Waals surface area contributed by atoms with Crippen LogP contribution in [0.3, 0.4) is 0 Å². The molecule has 1 spiro atoms. The molecule has 6 aliphatic rings. The van der Waals surface area contributed by atoms with Gasteiger partial charge in [0.15, 0.2) is 0 Å². The van der Waals surface area contributed by atoms with E-state index in [-0.39, 0.29) is 42.2 Å². The SMILES string of the molecule is C[C@@]12C[C@]34C[C@@H](O)[C@H]5C(CO)(CO)CC(=O)C[C@@]5(C)[C@H]3C[C@@H]1[C@H]2C4. The van der Waals surface area contributed by atoms with Crippen molar-refractivity contribution in [2.45, 2.75) is 58.5 Å². The van der Waals surface area contributed by atoms with Crippen LogP contribution in [0.25, 0.3) is 0 Å². The monoisotopic (exact) mass is 334 g/mol. The normalized spacial score (nSPS) is 59.7. The van der Waals surface area contributed by atoms with Gasteiger partial charge < -0.3 is 15.3 Å². The van der Waals surface area contributed by atoms with Crippen LogP contribution in [0.2, 0.25) is 0 Å². The average molecular weight is 334 g/mol. The van der Waals surface area contributed by atoms with Gasteiger partial charge in [0.2, 0.25) is 0 Å². The fourth-order valence-electron chi connectivity index (χ4n) is 9.02. The van der Waals surface area contributed by atoms with Crippen LogP contribution in [0, 0.1) is 45.3 Å². The fourth-order valence-corrected chi connectivity index (χ4v) is 9.02. The molecule has 6 rings (SSSR count). The lowest BCUT2D eigenvalue weighted by Gasteiger charge is -2.66. The van der Waals surface area contributed by atoms with Gasteiger partial charge in [-0.25, -0.2) is 0 Å². The van der Waals surface area contributed by atoms with E-state index in [1.54, 1.807) is 0 Å². The van der Waals surface area contributed by atoms with Crippen molar-refractivity contribution in [3.63, 3.8) is 0 Å². The maximum absolute atomic E-state index is 12.6. The lowest BCUT2D eigenvalue weighted by molar-refractivity contribution is -0.225. The summed E-state index contributed by atoms with van der Waals surface area (Å²) in [6.45, 7) is 4.18. The first-order valence-corrected chi connectivity index (χ1v) is 9.66. The Morgan fingerprint density at radius 3 is 2.33 bits per heavy atom. The summed E-state index contributed by atoms with van der Waals surface area (Å²) < 4.78 is 0. The van der Waals surface area contributed by atoms with Gasteiger partial charge in [-0.2, -0.15) is 0 Å². The lowest BCUT2D eigenvalue weighted by Crippen LogP contribution is -2.66. The van der Waals surface area contributed by atoms with Gasteiger partial charge in [-0.05, 0) is 59.7 Å². The van der Waals surface area contributed by atoms with E-state index in [9.17, 15) is 20.1 Å². The molecule has 0 saturated heterocycles. The zero-order valence-corrected chi connectivity index (χ0v) is 14.8. The summed E-state index contributed by atoms with van der Waals surface area (Å²) in [6, 6.07) is 0. The number of hydrogen-bond acceptors (Lipinski definition) is 4. The number of ketones is 1. The van der Waals surface area contributed by atoms with Crippen molar-refractivity contribution in [3.8, 4) is 0 Å². The second-order valence-electron chi connectivity index (χ2n) is 10.6. The molecular formula is C20H30O4. The summed E-state index contributed by atoms with van der Waals surface area (Å²) in [5.74, 6) is 2.07. The minimum atomic E-state index is -0.849. The second-order valence-corrected chi connectivity index (χ2v) is 10.6. The van der Waals surface area contributed by atoms with Crippen molar-refractivity contribution in [2.24, 2.45) is 45.3 Å². The van der Waals surface area contributed by atoms with Gasteiger partial charge in [-0.15, -0.1) is 0 Å². The zero-order valence-electron chi connectivity index (χ0n) is 14.8. The number of rotatable bonds is 2. The Balaban J connectivity index is 1.61. The summed E-state index contributed by atoms with van der Waals surface area (Å²) in [4.78, 5) is 12.6. The molecule has 134 valence electrons. The van der Waals surface area contributed by atoms with Crippen molar-refractivity contribution in [2.75, 3.05) is 13.2 Å². The molecule has 0 amide bonds. The lowest BCUT2D eigenvalue weighted by atomic mass is 9.38. The van der Waals surface area contributed by atoms with Gasteiger partial charge in [-0.3, -0.25) is 4.79 Å². The van der Waals surface area contributed by atoms with Gasteiger partial charge in [-0.1, -0.05) is 13.8 Å². The van der Waals surface area contributed by atoms with Gasteiger partial charge >= 0.3 is 0 Å². The standard InChI is InChI=1S/C20H30O4/c1-17-4-11(23)5-20(9-21,10-22)16(17)14(24)7-19-6-13-12(3-15(17)19)18(13,2)8-19/h12-16,21-22,24H,3-10H2,1-2H3/t12-,13-,14-,15-,16-,17+,18-,19+/m1/s1. The number of carbonyl (C=O) groups is 1. The van der Waals surface area contributed by atoms with Crippen LogP contribution >= 0.6 is 0 Å². The molecule has 8 atom stereocenters. The van der Waals surface area contributed by atoms with Crippen molar-refractivity contribution in [1.82, 2.24) is 0 Å². The van der Waals surface area contributed by atoms with Gasteiger partial charge in [0.1, 0.15) is 5.78 Å². The number of fused-ring (bicyclic) bond motifs is 1. The highest BCUT2D eigenvalue weighted by atomic mass is 16.3. The number of aliphatic hydroxyl groups excluding tert-OH is 3. The molecule has 3 N–H and O–H groups in total. The van der Waals surface area contributed by atoms with Crippen LogP contribution in [0.15, 0.2) is 0 Å². The van der Waals surface area contributed by atoms with E-state index in [2.05, 4.69) is 13.8 Å². The van der Waals surface area contributed by atoms with Gasteiger partial charge in [0.05, 0.1) is 19.3 Å². The summed E-state index contributed by atoms with van der Waals surface area (Å²) in [5, 5.41) is 31.3. The Morgan fingerprint density at radius 1 is 1.04 bits per heavy atom. The Labute approximate surface area is 143 Å². The molecular weight excluding hydrogens is 304 g/mol. The third kappa shape index (κ3) is 1.51. The summed E-state index contributed by atoms with van der Waals surface area (Å²) in [7, 11) is 0. The van der Waals surface area contributed by atoms with E-state index in [4.69, 9.17) is 0 Å². The van der Waals surface area contributed by atoms with E-state index >= 15 is 0 Å². The summed E-state index contributed by atoms with van der Waals surface area (Å²) in [6.07, 6.45) is 4.61. The predicted molar refractivity (Wildman–Crippen MR) is 87.9 cm³/mol. The largest absolute Gasteiger partial charge is 0.396 e. The molecule has 0 radical (unpaired) electrons. The van der Waals surface area contributed by atoms with Crippen LogP contribution < -0.4 is 0 Å². The molecule has 0 heterocycles. The first-order chi connectivity index (χ1) is 11.2. The molecule has 24 heavy (non-hydrogen) atoms. The van der Waals surface area contributed by atoms with E-state index in [1.165, 1.54) is 19.3 Å². The molecule has 0 unspecified atom stereocenters. The molecule has 0 aromatic carbocycles. The maximum atomic E-state index is 12.6. The number of Topliss-reactive ketones (excluding diaryl/α,β-unsaturated/α-hetero) is 1. The van der Waals surface area contributed by atoms with Crippen LogP contribution in [0.5, 0.6) is 0 Å². The first-order valence-electron chi connectivity index (χ1n) is 9.66. The minimum absolute atomic E-state index is 0.154. The van der Waals surface area contributed by atoms with Crippen LogP contribution in [0.1, 0.15) is 52.4 Å². The molecule has 0 aromatic heterocycles. The molecule has 4 heteroatoms. The molecule has 6 aliphatic carbocycles. The third-order valence-corrected chi connectivity index (χ3v) is 9.58. The first kappa shape index (κ1) is 15.8. The highest BCUT2D eigenvalue weighted by Gasteiger charge is 2.79. The van der Waals surface area contributed by atoms with E-state index < -0.39 is 11.5 Å². The molecule has 0 aliphatic heterocycles. The fraction of sp³-hybridized carbons (Fsp3) is 0.950. The van der Waals surface area contributed by atoms with E-state index in [1.807, 2.05) is 0 Å². The van der Waals surface area contributed by atoms with Crippen molar-refractivity contribution >= 4 is 5.78 Å². The Kier molecular flexibility index (Phi) is 2.80. The Bertz CT molecular complexity index is 613. The quantitative estimate of drug-likeness (QED) is 0.719.